The molecule has 3 rings (SSSR count). The Morgan fingerprint density at radius 3 is 3.05 bits per heavy atom. The average molecular weight is 263 g/mol. The second-order valence-electron chi connectivity index (χ2n) is 4.46. The van der Waals surface area contributed by atoms with E-state index in [0.717, 1.165) is 12.0 Å². The molecule has 0 unspecified atom stereocenters. The van der Waals surface area contributed by atoms with Crippen LogP contribution in [0.15, 0.2) is 23.9 Å². The van der Waals surface area contributed by atoms with Gasteiger partial charge in [0.05, 0.1) is 12.3 Å². The standard InChI is InChI=1S/C13H14FN3O2/c14-10-7-9(6-8-3-5-19-12(8)10)16-17-11-2-1-4-15-13(11)18/h2,6-7,16-17H,1,3-5H2,(H,15,18). The number of halogens is 1. The monoisotopic (exact) mass is 263 g/mol. The van der Waals surface area contributed by atoms with Gasteiger partial charge in [0.25, 0.3) is 5.91 Å². The van der Waals surface area contributed by atoms with E-state index in [2.05, 4.69) is 16.2 Å². The molecule has 1 aromatic rings. The molecule has 5 nitrogen and oxygen atoms in total. The molecule has 0 radical (unpaired) electrons. The van der Waals surface area contributed by atoms with Crippen LogP contribution in [0.25, 0.3) is 0 Å². The Hall–Kier alpha value is -2.24. The minimum Gasteiger partial charge on any atom is -0.490 e. The molecule has 2 heterocycles. The Balaban J connectivity index is 1.72. The fourth-order valence-corrected chi connectivity index (χ4v) is 2.17. The summed E-state index contributed by atoms with van der Waals surface area (Å²) in [4.78, 5) is 11.5. The third kappa shape index (κ3) is 2.33. The van der Waals surface area contributed by atoms with Crippen molar-refractivity contribution in [3.63, 3.8) is 0 Å². The zero-order valence-electron chi connectivity index (χ0n) is 10.3. The summed E-state index contributed by atoms with van der Waals surface area (Å²) >= 11 is 0. The number of anilines is 1. The van der Waals surface area contributed by atoms with Crippen LogP contribution in [0.1, 0.15) is 12.0 Å². The van der Waals surface area contributed by atoms with E-state index in [1.54, 1.807) is 6.08 Å². The highest BCUT2D eigenvalue weighted by atomic mass is 19.1. The van der Waals surface area contributed by atoms with E-state index < -0.39 is 0 Å². The van der Waals surface area contributed by atoms with Crippen molar-refractivity contribution in [2.45, 2.75) is 12.8 Å². The molecule has 19 heavy (non-hydrogen) atoms. The second-order valence-corrected chi connectivity index (χ2v) is 4.46. The number of hydrogen-bond donors (Lipinski definition) is 3. The number of carbonyl (C=O) groups is 1. The van der Waals surface area contributed by atoms with E-state index in [0.29, 0.717) is 36.7 Å². The Labute approximate surface area is 109 Å². The van der Waals surface area contributed by atoms with Gasteiger partial charge in [-0.3, -0.25) is 10.2 Å². The van der Waals surface area contributed by atoms with E-state index in [-0.39, 0.29) is 11.7 Å². The van der Waals surface area contributed by atoms with Crippen molar-refractivity contribution in [2.75, 3.05) is 18.6 Å². The third-order valence-corrected chi connectivity index (χ3v) is 3.10. The molecular weight excluding hydrogens is 249 g/mol. The fraction of sp³-hybridized carbons (Fsp3) is 0.308. The number of carbonyl (C=O) groups excluding carboxylic acids is 1. The van der Waals surface area contributed by atoms with Crippen molar-refractivity contribution < 1.29 is 13.9 Å². The topological polar surface area (TPSA) is 62.4 Å². The lowest BCUT2D eigenvalue weighted by molar-refractivity contribution is -0.118. The number of hydrogen-bond acceptors (Lipinski definition) is 4. The Bertz CT molecular complexity index is 557. The molecular formula is C13H14FN3O2. The first kappa shape index (κ1) is 11.8. The molecule has 0 aliphatic carbocycles. The smallest absolute Gasteiger partial charge is 0.268 e. The van der Waals surface area contributed by atoms with Crippen molar-refractivity contribution in [1.82, 2.24) is 10.7 Å². The van der Waals surface area contributed by atoms with Gasteiger partial charge >= 0.3 is 0 Å². The lowest BCUT2D eigenvalue weighted by Gasteiger charge is -2.17. The lowest BCUT2D eigenvalue weighted by atomic mass is 10.1. The van der Waals surface area contributed by atoms with E-state index in [1.807, 2.05) is 6.07 Å². The predicted octanol–water partition coefficient (Wildman–Crippen LogP) is 1.08. The van der Waals surface area contributed by atoms with Crippen molar-refractivity contribution in [2.24, 2.45) is 0 Å². The van der Waals surface area contributed by atoms with Crippen molar-refractivity contribution in [3.8, 4) is 5.75 Å². The average Bonchev–Trinajstić information content (AvgIpc) is 2.87. The number of fused-ring (bicyclic) bond motifs is 1. The minimum atomic E-state index is -0.388. The van der Waals surface area contributed by atoms with Crippen LogP contribution in [-0.4, -0.2) is 19.1 Å². The van der Waals surface area contributed by atoms with E-state index in [9.17, 15) is 9.18 Å². The molecule has 1 aromatic carbocycles. The summed E-state index contributed by atoms with van der Waals surface area (Å²) in [6.07, 6.45) is 3.28. The van der Waals surface area contributed by atoms with Gasteiger partial charge in [-0.25, -0.2) is 4.39 Å². The van der Waals surface area contributed by atoms with Crippen LogP contribution >= 0.6 is 0 Å². The minimum absolute atomic E-state index is 0.163. The van der Waals surface area contributed by atoms with Gasteiger partial charge in [-0.05, 0) is 12.5 Å². The zero-order valence-corrected chi connectivity index (χ0v) is 10.3. The third-order valence-electron chi connectivity index (χ3n) is 3.10. The van der Waals surface area contributed by atoms with Crippen molar-refractivity contribution in [3.05, 3.63) is 35.3 Å². The van der Waals surface area contributed by atoms with Crippen LogP contribution in [0, 0.1) is 5.82 Å². The fourth-order valence-electron chi connectivity index (χ4n) is 2.17. The highest BCUT2D eigenvalue weighted by Crippen LogP contribution is 2.31. The number of benzene rings is 1. The first-order chi connectivity index (χ1) is 9.24. The molecule has 0 bridgehead atoms. The predicted molar refractivity (Wildman–Crippen MR) is 68.1 cm³/mol. The van der Waals surface area contributed by atoms with Crippen LogP contribution in [0.3, 0.4) is 0 Å². The molecule has 2 aliphatic rings. The largest absolute Gasteiger partial charge is 0.490 e. The maximum Gasteiger partial charge on any atom is 0.268 e. The normalized spacial score (nSPS) is 17.1. The molecule has 100 valence electrons. The van der Waals surface area contributed by atoms with Crippen LogP contribution in [0.4, 0.5) is 10.1 Å². The quantitative estimate of drug-likeness (QED) is 0.714. The summed E-state index contributed by atoms with van der Waals surface area (Å²) in [6.45, 7) is 1.16. The summed E-state index contributed by atoms with van der Waals surface area (Å²) < 4.78 is 18.9. The van der Waals surface area contributed by atoms with Crippen LogP contribution in [0.2, 0.25) is 0 Å². The number of nitrogens with one attached hydrogen (secondary N) is 3. The molecule has 2 aliphatic heterocycles. The summed E-state index contributed by atoms with van der Waals surface area (Å²) in [7, 11) is 0. The molecule has 3 N–H and O–H groups in total. The molecule has 6 heteroatoms. The number of amides is 1. The van der Waals surface area contributed by atoms with Gasteiger partial charge < -0.3 is 15.5 Å². The van der Waals surface area contributed by atoms with Gasteiger partial charge in [0.15, 0.2) is 11.6 Å². The lowest BCUT2D eigenvalue weighted by Crippen LogP contribution is -2.37. The molecule has 0 atom stereocenters. The second kappa shape index (κ2) is 4.79. The molecule has 0 fully saturated rings. The van der Waals surface area contributed by atoms with Gasteiger partial charge in [0.1, 0.15) is 5.70 Å². The summed E-state index contributed by atoms with van der Waals surface area (Å²) in [5.41, 5.74) is 7.50. The highest BCUT2D eigenvalue weighted by molar-refractivity contribution is 5.93. The van der Waals surface area contributed by atoms with Gasteiger partial charge in [0, 0.05) is 24.6 Å². The van der Waals surface area contributed by atoms with Gasteiger partial charge in [0.2, 0.25) is 0 Å². The number of rotatable bonds is 3. The maximum atomic E-state index is 13.7. The van der Waals surface area contributed by atoms with Crippen molar-refractivity contribution >= 4 is 11.6 Å². The van der Waals surface area contributed by atoms with Crippen molar-refractivity contribution in [1.29, 1.82) is 0 Å². The Kier molecular flexibility index (Phi) is 2.98. The zero-order chi connectivity index (χ0) is 13.2. The first-order valence-electron chi connectivity index (χ1n) is 6.19. The summed E-state index contributed by atoms with van der Waals surface area (Å²) in [6, 6.07) is 3.16. The highest BCUT2D eigenvalue weighted by Gasteiger charge is 2.18. The van der Waals surface area contributed by atoms with E-state index in [4.69, 9.17) is 4.74 Å². The molecule has 0 spiro atoms. The number of ether oxygens (including phenoxy) is 1. The van der Waals surface area contributed by atoms with Gasteiger partial charge in [-0.15, -0.1) is 0 Å². The van der Waals surface area contributed by atoms with Crippen LogP contribution < -0.4 is 20.9 Å². The van der Waals surface area contributed by atoms with Crippen LogP contribution in [-0.2, 0) is 11.2 Å². The maximum absolute atomic E-state index is 13.7. The van der Waals surface area contributed by atoms with E-state index in [1.165, 1.54) is 6.07 Å². The van der Waals surface area contributed by atoms with Gasteiger partial charge in [-0.2, -0.15) is 0 Å². The molecule has 0 aromatic heterocycles. The molecule has 1 amide bonds. The Morgan fingerprint density at radius 2 is 2.21 bits per heavy atom. The summed E-state index contributed by atoms with van der Waals surface area (Å²) in [5.74, 6) is -0.217. The SMILES string of the molecule is O=C1NCCC=C1NNc1cc(F)c2c(c1)CCO2. The van der Waals surface area contributed by atoms with E-state index >= 15 is 0 Å². The first-order valence-corrected chi connectivity index (χ1v) is 6.19. The van der Waals surface area contributed by atoms with Gasteiger partial charge in [-0.1, -0.05) is 6.08 Å². The number of hydrazine groups is 1. The molecule has 0 saturated carbocycles. The summed E-state index contributed by atoms with van der Waals surface area (Å²) in [5, 5.41) is 2.72. The van der Waals surface area contributed by atoms with Crippen LogP contribution in [0.5, 0.6) is 5.75 Å². The Morgan fingerprint density at radius 1 is 1.32 bits per heavy atom. The molecule has 0 saturated heterocycles.